The van der Waals surface area contributed by atoms with Crippen molar-refractivity contribution in [2.75, 3.05) is 6.54 Å². The van der Waals surface area contributed by atoms with Gasteiger partial charge in [0.1, 0.15) is 11.6 Å². The molecule has 0 saturated heterocycles. The van der Waals surface area contributed by atoms with E-state index in [1.54, 1.807) is 69.4 Å². The fourth-order valence-electron chi connectivity index (χ4n) is 4.60. The third-order valence-corrected chi connectivity index (χ3v) is 6.75. The highest BCUT2D eigenvalue weighted by Crippen LogP contribution is 2.21. The lowest BCUT2D eigenvalue weighted by atomic mass is 10.0. The quantitative estimate of drug-likeness (QED) is 0.0489. The fraction of sp³-hybridized carbons (Fsp3) is 0.387. The molecule has 1 heterocycles. The lowest BCUT2D eigenvalue weighted by molar-refractivity contribution is -0.480. The van der Waals surface area contributed by atoms with E-state index in [0.29, 0.717) is 5.56 Å². The van der Waals surface area contributed by atoms with Crippen molar-refractivity contribution < 1.29 is 33.9 Å². The summed E-state index contributed by atoms with van der Waals surface area (Å²) in [5.41, 5.74) is 12.0. The number of benzene rings is 2. The van der Waals surface area contributed by atoms with Crippen LogP contribution in [-0.4, -0.2) is 74.1 Å². The van der Waals surface area contributed by atoms with E-state index in [9.17, 15) is 34.4 Å². The Morgan fingerprint density at radius 2 is 1.74 bits per heavy atom. The molecule has 2 unspecified atom stereocenters. The average molecular weight is 653 g/mol. The molecule has 47 heavy (non-hydrogen) atoms. The first-order chi connectivity index (χ1) is 22.2. The minimum atomic E-state index is -1.48. The third kappa shape index (κ3) is 11.6. The molecule has 3 aromatic rings. The molecule has 3 rings (SSSR count). The lowest BCUT2D eigenvalue weighted by Gasteiger charge is -2.29. The number of guanidine groups is 1. The van der Waals surface area contributed by atoms with E-state index < -0.39 is 52.4 Å². The van der Waals surface area contributed by atoms with Crippen molar-refractivity contribution in [1.82, 2.24) is 26.2 Å². The van der Waals surface area contributed by atoms with Gasteiger partial charge in [0.2, 0.25) is 18.4 Å². The maximum Gasteiger partial charge on any atom is 0.408 e. The number of nitro groups is 1. The molecule has 0 aliphatic heterocycles. The van der Waals surface area contributed by atoms with Crippen LogP contribution in [0.15, 0.2) is 65.9 Å². The number of ether oxygens (including phenoxy) is 1. The van der Waals surface area contributed by atoms with Crippen LogP contribution in [0.2, 0.25) is 0 Å². The highest BCUT2D eigenvalue weighted by Gasteiger charge is 2.32. The van der Waals surface area contributed by atoms with Crippen LogP contribution in [-0.2, 0) is 32.0 Å². The summed E-state index contributed by atoms with van der Waals surface area (Å²) >= 11 is 0. The van der Waals surface area contributed by atoms with Crippen molar-refractivity contribution in [2.24, 2.45) is 10.8 Å². The lowest BCUT2D eigenvalue weighted by Crippen LogP contribution is -2.58. The van der Waals surface area contributed by atoms with E-state index >= 15 is 0 Å². The number of nitrogens with zero attached hydrogens (tertiary/aromatic N) is 3. The van der Waals surface area contributed by atoms with Gasteiger partial charge in [-0.15, -0.1) is 5.10 Å². The van der Waals surface area contributed by atoms with Crippen LogP contribution < -0.4 is 21.9 Å². The van der Waals surface area contributed by atoms with Gasteiger partial charge in [0.25, 0.3) is 5.91 Å². The second kappa shape index (κ2) is 16.6. The molecule has 2 aromatic carbocycles. The summed E-state index contributed by atoms with van der Waals surface area (Å²) in [6, 6.07) is 13.5. The van der Waals surface area contributed by atoms with Crippen molar-refractivity contribution in [1.29, 1.82) is 0 Å². The molecule has 16 heteroatoms. The number of hydrogen-bond donors (Lipinski definition) is 6. The number of carboxylic acids is 1. The van der Waals surface area contributed by atoms with E-state index in [-0.39, 0.29) is 38.6 Å². The molecule has 7 N–H and O–H groups in total. The van der Waals surface area contributed by atoms with E-state index in [0.717, 1.165) is 21.5 Å². The molecule has 0 bridgehead atoms. The van der Waals surface area contributed by atoms with Crippen LogP contribution in [0, 0.1) is 10.1 Å². The maximum absolute atomic E-state index is 13.3. The number of unbranched alkanes of at least 4 members (excludes halogenated alkanes) is 1. The summed E-state index contributed by atoms with van der Waals surface area (Å²) in [4.78, 5) is 64.8. The van der Waals surface area contributed by atoms with Gasteiger partial charge >= 0.3 is 12.1 Å². The Hall–Kier alpha value is -5.67. The number of fused-ring (bicyclic) bond motifs is 1. The number of carboxylic acid groups (broad SMARTS) is 1. The number of H-pyrrole nitrogens is 1. The number of para-hydroxylation sites is 1. The number of nitrogens with one attached hydrogen (secondary N) is 4. The fourth-order valence-corrected chi connectivity index (χ4v) is 4.60. The number of carbonyl (C=O) groups is 4. The SMILES string of the molecule is CC(C)(C)OC(=O)NC(Cc1ccccc1)C(=O)NN=C(N)NN(C(=O)CCCC[N+](=O)[O-])C(Cc1c[nH]c2ccccc12)C(=O)O. The van der Waals surface area contributed by atoms with Gasteiger partial charge in [0.05, 0.1) is 0 Å². The van der Waals surface area contributed by atoms with Gasteiger partial charge in [-0.1, -0.05) is 48.5 Å². The number of alkyl carbamates (subject to hydrolysis) is 1. The van der Waals surface area contributed by atoms with Gasteiger partial charge in [-0.05, 0) is 44.4 Å². The Bertz CT molecular complexity index is 1580. The monoisotopic (exact) mass is 652 g/mol. The number of carbonyl (C=O) groups excluding carboxylic acids is 3. The number of hydrazone groups is 1. The van der Waals surface area contributed by atoms with E-state index in [1.807, 2.05) is 12.1 Å². The normalized spacial score (nSPS) is 12.9. The number of aromatic amines is 1. The second-order valence-electron chi connectivity index (χ2n) is 11.7. The molecule has 0 fully saturated rings. The molecule has 252 valence electrons. The van der Waals surface area contributed by atoms with Crippen LogP contribution >= 0.6 is 0 Å². The van der Waals surface area contributed by atoms with E-state index in [1.165, 1.54) is 0 Å². The first-order valence-electron chi connectivity index (χ1n) is 14.9. The summed E-state index contributed by atoms with van der Waals surface area (Å²) in [5.74, 6) is -3.37. The Labute approximate surface area is 270 Å². The molecule has 0 saturated carbocycles. The highest BCUT2D eigenvalue weighted by atomic mass is 16.6. The number of rotatable bonds is 14. The van der Waals surface area contributed by atoms with Crippen molar-refractivity contribution >= 4 is 40.7 Å². The molecule has 2 atom stereocenters. The molecule has 16 nitrogen and oxygen atoms in total. The molecule has 3 amide bonds. The predicted molar refractivity (Wildman–Crippen MR) is 172 cm³/mol. The number of amides is 3. The average Bonchev–Trinajstić information content (AvgIpc) is 3.41. The molecule has 1 aromatic heterocycles. The number of hydrazine groups is 1. The third-order valence-electron chi connectivity index (χ3n) is 6.75. The summed E-state index contributed by atoms with van der Waals surface area (Å²) in [6.07, 6.45) is 0.738. The minimum Gasteiger partial charge on any atom is -0.480 e. The summed E-state index contributed by atoms with van der Waals surface area (Å²) in [6.45, 7) is 4.67. The molecule has 0 spiro atoms. The standard InChI is InChI=1S/C31H40N8O8/c1-31(2,3)47-30(44)34-24(17-20-11-5-4-6-12-20)27(41)35-36-29(32)37-39(26(40)15-9-10-16-38(45)46)25(28(42)43)18-21-19-33-23-14-8-7-13-22(21)23/h4-8,11-14,19,24-25,33H,9-10,15-18H2,1-3H3,(H,34,44)(H,35,41)(H,42,43)(H3,32,36,37). The number of aliphatic carboxylic acids is 1. The molecular weight excluding hydrogens is 612 g/mol. The smallest absolute Gasteiger partial charge is 0.408 e. The Morgan fingerprint density at radius 1 is 1.06 bits per heavy atom. The first-order valence-corrected chi connectivity index (χ1v) is 14.9. The summed E-state index contributed by atoms with van der Waals surface area (Å²) in [5, 5.41) is 28.8. The van der Waals surface area contributed by atoms with Gasteiger partial charge in [-0.25, -0.2) is 20.0 Å². The predicted octanol–water partition coefficient (Wildman–Crippen LogP) is 2.43. The summed E-state index contributed by atoms with van der Waals surface area (Å²) in [7, 11) is 0. The topological polar surface area (TPSA) is 234 Å². The Morgan fingerprint density at radius 3 is 2.40 bits per heavy atom. The molecule has 0 radical (unpaired) electrons. The van der Waals surface area contributed by atoms with Gasteiger partial charge in [0.15, 0.2) is 6.04 Å². The number of aromatic nitrogens is 1. The highest BCUT2D eigenvalue weighted by molar-refractivity contribution is 5.90. The van der Waals surface area contributed by atoms with Crippen molar-refractivity contribution in [3.05, 3.63) is 82.0 Å². The van der Waals surface area contributed by atoms with Gasteiger partial charge < -0.3 is 25.9 Å². The molecule has 0 aliphatic carbocycles. The van der Waals surface area contributed by atoms with Crippen LogP contribution in [0.3, 0.4) is 0 Å². The van der Waals surface area contributed by atoms with Crippen molar-refractivity contribution in [3.8, 4) is 0 Å². The van der Waals surface area contributed by atoms with Gasteiger partial charge in [-0.2, -0.15) is 0 Å². The summed E-state index contributed by atoms with van der Waals surface area (Å²) < 4.78 is 5.29. The van der Waals surface area contributed by atoms with Crippen LogP contribution in [0.25, 0.3) is 10.9 Å². The zero-order valence-electron chi connectivity index (χ0n) is 26.4. The van der Waals surface area contributed by atoms with E-state index in [2.05, 4.69) is 26.3 Å². The maximum atomic E-state index is 13.3. The first kappa shape index (κ1) is 35.8. The second-order valence-corrected chi connectivity index (χ2v) is 11.7. The Kier molecular flexibility index (Phi) is 12.6. The van der Waals surface area contributed by atoms with E-state index in [4.69, 9.17) is 10.5 Å². The number of nitrogens with two attached hydrogens (primary N) is 1. The van der Waals surface area contributed by atoms with Crippen LogP contribution in [0.5, 0.6) is 0 Å². The Balaban J connectivity index is 1.81. The van der Waals surface area contributed by atoms with Crippen molar-refractivity contribution in [3.63, 3.8) is 0 Å². The van der Waals surface area contributed by atoms with Gasteiger partial charge in [0, 0.05) is 47.7 Å². The van der Waals surface area contributed by atoms with Crippen LogP contribution in [0.4, 0.5) is 4.79 Å². The van der Waals surface area contributed by atoms with Crippen molar-refractivity contribution in [2.45, 2.75) is 70.6 Å². The minimum absolute atomic E-state index is 0.0786. The number of hydrogen-bond acceptors (Lipinski definition) is 8. The zero-order chi connectivity index (χ0) is 34.6. The zero-order valence-corrected chi connectivity index (χ0v) is 26.4. The molecular formula is C31H40N8O8. The van der Waals surface area contributed by atoms with Gasteiger partial charge in [-0.3, -0.25) is 25.1 Å². The largest absolute Gasteiger partial charge is 0.480 e. The molecule has 0 aliphatic rings. The van der Waals surface area contributed by atoms with Crippen LogP contribution in [0.1, 0.15) is 51.2 Å².